The number of nitrogens with zero attached hydrogens (tertiary/aromatic N) is 2. The summed E-state index contributed by atoms with van der Waals surface area (Å²) in [5.74, 6) is -0.658. The SMILES string of the molecule is COC(OC)C(=O)CC(=O)c1c(C)nn(C)c1C. The maximum Gasteiger partial charge on any atom is 0.217 e. The number of aromatic nitrogens is 2. The molecule has 0 aliphatic rings. The predicted molar refractivity (Wildman–Crippen MR) is 64.4 cm³/mol. The van der Waals surface area contributed by atoms with Gasteiger partial charge >= 0.3 is 0 Å². The standard InChI is InChI=1S/C12H18N2O4/c1-7-11(8(2)14(3)13-7)9(15)6-10(16)12(17-4)18-5/h12H,6H2,1-5H3. The van der Waals surface area contributed by atoms with Gasteiger partial charge in [-0.25, -0.2) is 0 Å². The fourth-order valence-corrected chi connectivity index (χ4v) is 1.87. The van der Waals surface area contributed by atoms with Crippen molar-refractivity contribution in [2.24, 2.45) is 7.05 Å². The van der Waals surface area contributed by atoms with Crippen LogP contribution in [0.2, 0.25) is 0 Å². The van der Waals surface area contributed by atoms with Crippen LogP contribution in [0.15, 0.2) is 0 Å². The van der Waals surface area contributed by atoms with Crippen LogP contribution >= 0.6 is 0 Å². The molecule has 0 N–H and O–H groups in total. The molecule has 1 aromatic heterocycles. The summed E-state index contributed by atoms with van der Waals surface area (Å²) in [6.45, 7) is 3.54. The fraction of sp³-hybridized carbons (Fsp3) is 0.583. The minimum Gasteiger partial charge on any atom is -0.349 e. The highest BCUT2D eigenvalue weighted by Gasteiger charge is 2.24. The monoisotopic (exact) mass is 254 g/mol. The second kappa shape index (κ2) is 5.88. The molecular formula is C12H18N2O4. The molecule has 1 aromatic rings. The van der Waals surface area contributed by atoms with Crippen LogP contribution in [0, 0.1) is 13.8 Å². The van der Waals surface area contributed by atoms with E-state index in [1.54, 1.807) is 25.6 Å². The second-order valence-electron chi connectivity index (χ2n) is 4.04. The van der Waals surface area contributed by atoms with Crippen molar-refractivity contribution < 1.29 is 19.1 Å². The molecule has 0 aliphatic heterocycles. The third kappa shape index (κ3) is 2.83. The summed E-state index contributed by atoms with van der Waals surface area (Å²) in [6.07, 6.45) is -1.24. The lowest BCUT2D eigenvalue weighted by Gasteiger charge is -2.11. The second-order valence-corrected chi connectivity index (χ2v) is 4.04. The molecule has 0 atom stereocenters. The molecule has 0 spiro atoms. The molecule has 0 aliphatic carbocycles. The Labute approximate surface area is 106 Å². The zero-order chi connectivity index (χ0) is 13.9. The molecule has 0 aromatic carbocycles. The van der Waals surface area contributed by atoms with Crippen molar-refractivity contribution in [2.75, 3.05) is 14.2 Å². The number of carbonyl (C=O) groups excluding carboxylic acids is 2. The van der Waals surface area contributed by atoms with Gasteiger partial charge in [-0.2, -0.15) is 5.10 Å². The van der Waals surface area contributed by atoms with E-state index in [4.69, 9.17) is 9.47 Å². The summed E-state index contributed by atoms with van der Waals surface area (Å²) in [4.78, 5) is 23.8. The number of aryl methyl sites for hydroxylation is 2. The Hall–Kier alpha value is -1.53. The number of methoxy groups -OCH3 is 2. The molecule has 0 saturated carbocycles. The summed E-state index contributed by atoms with van der Waals surface area (Å²) in [7, 11) is 4.47. The van der Waals surface area contributed by atoms with E-state index in [9.17, 15) is 9.59 Å². The average Bonchev–Trinajstić information content (AvgIpc) is 2.54. The molecule has 6 heteroatoms. The summed E-state index contributed by atoms with van der Waals surface area (Å²) >= 11 is 0. The van der Waals surface area contributed by atoms with Gasteiger partial charge in [0.1, 0.15) is 0 Å². The van der Waals surface area contributed by atoms with Crippen LogP contribution < -0.4 is 0 Å². The lowest BCUT2D eigenvalue weighted by molar-refractivity contribution is -0.155. The van der Waals surface area contributed by atoms with E-state index in [0.29, 0.717) is 11.3 Å². The maximum atomic E-state index is 12.1. The first kappa shape index (κ1) is 14.5. The number of rotatable bonds is 6. The first-order valence-corrected chi connectivity index (χ1v) is 5.54. The lowest BCUT2D eigenvalue weighted by atomic mass is 10.0. The Kier molecular flexibility index (Phi) is 4.75. The van der Waals surface area contributed by atoms with Crippen molar-refractivity contribution in [2.45, 2.75) is 26.6 Å². The van der Waals surface area contributed by atoms with Gasteiger partial charge in [0, 0.05) is 27.0 Å². The van der Waals surface area contributed by atoms with E-state index < -0.39 is 12.1 Å². The Morgan fingerprint density at radius 2 is 1.83 bits per heavy atom. The molecular weight excluding hydrogens is 236 g/mol. The van der Waals surface area contributed by atoms with Gasteiger partial charge < -0.3 is 9.47 Å². The minimum absolute atomic E-state index is 0.250. The molecule has 1 heterocycles. The van der Waals surface area contributed by atoms with Crippen molar-refractivity contribution in [3.63, 3.8) is 0 Å². The maximum absolute atomic E-state index is 12.1. The fourth-order valence-electron chi connectivity index (χ4n) is 1.87. The predicted octanol–water partition coefficient (Wildman–Crippen LogP) is 0.798. The summed E-state index contributed by atoms with van der Waals surface area (Å²) in [5.41, 5.74) is 1.87. The van der Waals surface area contributed by atoms with Crippen molar-refractivity contribution in [1.82, 2.24) is 9.78 Å². The van der Waals surface area contributed by atoms with Crippen LogP contribution in [0.1, 0.15) is 28.2 Å². The van der Waals surface area contributed by atoms with Crippen LogP contribution in [0.25, 0.3) is 0 Å². The van der Waals surface area contributed by atoms with Gasteiger partial charge in [0.2, 0.25) is 6.29 Å². The van der Waals surface area contributed by atoms with Crippen molar-refractivity contribution in [3.05, 3.63) is 17.0 Å². The van der Waals surface area contributed by atoms with Crippen LogP contribution in [0.3, 0.4) is 0 Å². The van der Waals surface area contributed by atoms with E-state index in [1.807, 2.05) is 0 Å². The highest BCUT2D eigenvalue weighted by atomic mass is 16.7. The van der Waals surface area contributed by atoms with E-state index in [0.717, 1.165) is 5.69 Å². The van der Waals surface area contributed by atoms with Gasteiger partial charge in [-0.1, -0.05) is 0 Å². The lowest BCUT2D eigenvalue weighted by Crippen LogP contribution is -2.27. The normalized spacial score (nSPS) is 11.0. The highest BCUT2D eigenvalue weighted by Crippen LogP contribution is 2.15. The minimum atomic E-state index is -0.994. The van der Waals surface area contributed by atoms with Gasteiger partial charge in [0.15, 0.2) is 11.6 Å². The number of hydrogen-bond acceptors (Lipinski definition) is 5. The molecule has 18 heavy (non-hydrogen) atoms. The quantitative estimate of drug-likeness (QED) is 0.426. The Bertz CT molecular complexity index is 461. The molecule has 100 valence electrons. The molecule has 0 amide bonds. The van der Waals surface area contributed by atoms with Crippen molar-refractivity contribution in [1.29, 1.82) is 0 Å². The largest absolute Gasteiger partial charge is 0.349 e. The zero-order valence-corrected chi connectivity index (χ0v) is 11.3. The molecule has 0 radical (unpaired) electrons. The molecule has 1 rings (SSSR count). The number of hydrogen-bond donors (Lipinski definition) is 0. The summed E-state index contributed by atoms with van der Waals surface area (Å²) < 4.78 is 11.3. The van der Waals surface area contributed by atoms with Gasteiger partial charge in [-0.3, -0.25) is 14.3 Å². The summed E-state index contributed by atoms with van der Waals surface area (Å²) in [6, 6.07) is 0. The number of ketones is 2. The molecule has 0 bridgehead atoms. The van der Waals surface area contributed by atoms with Gasteiger partial charge in [-0.15, -0.1) is 0 Å². The third-order valence-corrected chi connectivity index (χ3v) is 2.81. The Morgan fingerprint density at radius 1 is 1.28 bits per heavy atom. The Balaban J connectivity index is 2.86. The Morgan fingerprint density at radius 3 is 2.22 bits per heavy atom. The van der Waals surface area contributed by atoms with Crippen molar-refractivity contribution >= 4 is 11.6 Å². The van der Waals surface area contributed by atoms with E-state index in [-0.39, 0.29) is 12.2 Å². The van der Waals surface area contributed by atoms with Crippen molar-refractivity contribution in [3.8, 4) is 0 Å². The molecule has 0 unspecified atom stereocenters. The topological polar surface area (TPSA) is 70.4 Å². The number of ether oxygens (including phenoxy) is 2. The third-order valence-electron chi connectivity index (χ3n) is 2.81. The zero-order valence-electron chi connectivity index (χ0n) is 11.3. The molecule has 6 nitrogen and oxygen atoms in total. The van der Waals surface area contributed by atoms with Gasteiger partial charge in [0.05, 0.1) is 17.7 Å². The van der Waals surface area contributed by atoms with Gasteiger partial charge in [0.25, 0.3) is 0 Å². The van der Waals surface area contributed by atoms with Crippen LogP contribution in [-0.4, -0.2) is 41.9 Å². The van der Waals surface area contributed by atoms with Gasteiger partial charge in [-0.05, 0) is 13.8 Å². The van der Waals surface area contributed by atoms with Crippen LogP contribution in [-0.2, 0) is 21.3 Å². The first-order chi connectivity index (χ1) is 8.42. The smallest absolute Gasteiger partial charge is 0.217 e. The average molecular weight is 254 g/mol. The molecule has 0 saturated heterocycles. The van der Waals surface area contributed by atoms with Crippen LogP contribution in [0.4, 0.5) is 0 Å². The van der Waals surface area contributed by atoms with Crippen LogP contribution in [0.5, 0.6) is 0 Å². The molecule has 0 fully saturated rings. The first-order valence-electron chi connectivity index (χ1n) is 5.54. The number of Topliss-reactive ketones (excluding diaryl/α,β-unsaturated/α-hetero) is 2. The van der Waals surface area contributed by atoms with E-state index in [1.165, 1.54) is 14.2 Å². The summed E-state index contributed by atoms with van der Waals surface area (Å²) in [5, 5.41) is 4.15. The van der Waals surface area contributed by atoms with E-state index in [2.05, 4.69) is 5.10 Å². The number of carbonyl (C=O) groups is 2. The highest BCUT2D eigenvalue weighted by molar-refractivity contribution is 6.09. The van der Waals surface area contributed by atoms with E-state index >= 15 is 0 Å².